The first-order chi connectivity index (χ1) is 12.7. The third-order valence-electron chi connectivity index (χ3n) is 6.06. The Balaban J connectivity index is 1.63. The number of aliphatic hydroxyl groups is 1. The quantitative estimate of drug-likeness (QED) is 0.781. The number of benzene rings is 1. The first-order valence-electron chi connectivity index (χ1n) is 9.47. The van der Waals surface area contributed by atoms with Crippen LogP contribution in [-0.4, -0.2) is 47.3 Å². The van der Waals surface area contributed by atoms with E-state index in [1.165, 1.54) is 0 Å². The maximum Gasteiger partial charge on any atom is 0.495 e. The van der Waals surface area contributed by atoms with E-state index < -0.39 is 24.5 Å². The van der Waals surface area contributed by atoms with Gasteiger partial charge in [-0.2, -0.15) is 0 Å². The molecule has 1 aromatic heterocycles. The first kappa shape index (κ1) is 19.1. The summed E-state index contributed by atoms with van der Waals surface area (Å²) in [6, 6.07) is 4.03. The summed E-state index contributed by atoms with van der Waals surface area (Å²) >= 11 is 1.57. The van der Waals surface area contributed by atoms with E-state index in [1.54, 1.807) is 11.3 Å². The topological polar surface area (TPSA) is 72.8 Å². The number of ether oxygens (including phenoxy) is 1. The lowest BCUT2D eigenvalue weighted by Crippen LogP contribution is -2.41. The largest absolute Gasteiger partial charge is 0.495 e. The summed E-state index contributed by atoms with van der Waals surface area (Å²) in [5.74, 6) is 1.07. The Bertz CT molecular complexity index is 824. The predicted molar refractivity (Wildman–Crippen MR) is 108 cm³/mol. The minimum Gasteiger partial charge on any atom is -0.489 e. The Morgan fingerprint density at radius 3 is 2.63 bits per heavy atom. The van der Waals surface area contributed by atoms with E-state index in [1.807, 2.05) is 45.3 Å². The van der Waals surface area contributed by atoms with Crippen molar-refractivity contribution < 1.29 is 19.2 Å². The number of thiazole rings is 1. The number of hydrogen-bond donors (Lipinski definition) is 2. The van der Waals surface area contributed by atoms with E-state index in [4.69, 9.17) is 14.0 Å². The van der Waals surface area contributed by atoms with Gasteiger partial charge in [0.05, 0.1) is 26.9 Å². The first-order valence-corrected chi connectivity index (χ1v) is 10.3. The Morgan fingerprint density at radius 2 is 2.00 bits per heavy atom. The Labute approximate surface area is 164 Å². The lowest BCUT2D eigenvalue weighted by molar-refractivity contribution is 0.00578. The van der Waals surface area contributed by atoms with Gasteiger partial charge in [-0.15, -0.1) is 11.3 Å². The van der Waals surface area contributed by atoms with Crippen molar-refractivity contribution in [3.63, 3.8) is 0 Å². The van der Waals surface area contributed by atoms with Crippen LogP contribution in [0, 0.1) is 5.92 Å². The SMILES string of the molecule is C[C@@H](Oc1cc(B2OC(C)(C)C(C)(C)O2)cc2ncsc12)[C@H]1CNC(O)C1. The van der Waals surface area contributed by atoms with Gasteiger partial charge in [-0.3, -0.25) is 5.32 Å². The Morgan fingerprint density at radius 1 is 1.30 bits per heavy atom. The lowest BCUT2D eigenvalue weighted by atomic mass is 9.79. The molecule has 0 aliphatic carbocycles. The van der Waals surface area contributed by atoms with Gasteiger partial charge in [-0.05, 0) is 58.6 Å². The fourth-order valence-electron chi connectivity index (χ4n) is 3.56. The summed E-state index contributed by atoms with van der Waals surface area (Å²) in [5.41, 5.74) is 2.85. The number of hydrogen-bond acceptors (Lipinski definition) is 7. The molecule has 2 aromatic rings. The van der Waals surface area contributed by atoms with Gasteiger partial charge in [0.2, 0.25) is 0 Å². The monoisotopic (exact) mass is 390 g/mol. The normalized spacial score (nSPS) is 28.0. The average Bonchev–Trinajstić information content (AvgIpc) is 3.26. The molecule has 0 saturated carbocycles. The number of rotatable bonds is 4. The van der Waals surface area contributed by atoms with Gasteiger partial charge in [0, 0.05) is 12.5 Å². The second kappa shape index (κ2) is 6.70. The molecule has 3 atom stereocenters. The molecule has 27 heavy (non-hydrogen) atoms. The van der Waals surface area contributed by atoms with Crippen molar-refractivity contribution in [2.24, 2.45) is 5.92 Å². The van der Waals surface area contributed by atoms with Crippen LogP contribution in [0.1, 0.15) is 41.0 Å². The van der Waals surface area contributed by atoms with Crippen LogP contribution in [-0.2, 0) is 9.31 Å². The van der Waals surface area contributed by atoms with Crippen LogP contribution in [0.15, 0.2) is 17.6 Å². The second-order valence-electron chi connectivity index (χ2n) is 8.55. The molecule has 0 spiro atoms. The van der Waals surface area contributed by atoms with Crippen LogP contribution >= 0.6 is 11.3 Å². The van der Waals surface area contributed by atoms with Crippen molar-refractivity contribution in [3.05, 3.63) is 17.6 Å². The third-order valence-corrected chi connectivity index (χ3v) is 6.92. The van der Waals surface area contributed by atoms with Crippen molar-refractivity contribution >= 4 is 34.1 Å². The minimum atomic E-state index is -0.450. The summed E-state index contributed by atoms with van der Waals surface area (Å²) in [7, 11) is -0.450. The maximum absolute atomic E-state index is 9.73. The van der Waals surface area contributed by atoms with Crippen LogP contribution in [0.5, 0.6) is 5.75 Å². The molecular weight excluding hydrogens is 363 g/mol. The summed E-state index contributed by atoms with van der Waals surface area (Å²) < 4.78 is 19.8. The molecule has 1 aromatic carbocycles. The van der Waals surface area contributed by atoms with Gasteiger partial charge in [0.25, 0.3) is 0 Å². The summed E-state index contributed by atoms with van der Waals surface area (Å²) in [6.07, 6.45) is 0.234. The molecule has 2 fully saturated rings. The molecule has 0 bridgehead atoms. The van der Waals surface area contributed by atoms with Crippen molar-refractivity contribution in [2.45, 2.75) is 64.6 Å². The van der Waals surface area contributed by atoms with Crippen LogP contribution in [0.25, 0.3) is 10.2 Å². The highest BCUT2D eigenvalue weighted by molar-refractivity contribution is 7.17. The smallest absolute Gasteiger partial charge is 0.489 e. The lowest BCUT2D eigenvalue weighted by Gasteiger charge is -2.32. The third kappa shape index (κ3) is 3.49. The number of aromatic nitrogens is 1. The number of fused-ring (bicyclic) bond motifs is 1. The number of nitrogens with zero attached hydrogens (tertiary/aromatic N) is 1. The molecule has 1 unspecified atom stereocenters. The molecule has 2 saturated heterocycles. The molecule has 6 nitrogen and oxygen atoms in total. The van der Waals surface area contributed by atoms with Crippen LogP contribution in [0.3, 0.4) is 0 Å². The van der Waals surface area contributed by atoms with E-state index in [0.717, 1.165) is 28.0 Å². The maximum atomic E-state index is 9.73. The fourth-order valence-corrected chi connectivity index (χ4v) is 4.28. The Hall–Kier alpha value is -1.19. The summed E-state index contributed by atoms with van der Waals surface area (Å²) in [4.78, 5) is 4.48. The fraction of sp³-hybridized carbons (Fsp3) is 0.632. The highest BCUT2D eigenvalue weighted by atomic mass is 32.1. The van der Waals surface area contributed by atoms with Crippen molar-refractivity contribution in [3.8, 4) is 5.75 Å². The zero-order valence-corrected chi connectivity index (χ0v) is 17.3. The van der Waals surface area contributed by atoms with Gasteiger partial charge in [-0.1, -0.05) is 0 Å². The molecule has 0 amide bonds. The summed E-state index contributed by atoms with van der Waals surface area (Å²) in [6.45, 7) is 11.0. The van der Waals surface area contributed by atoms with Crippen molar-refractivity contribution in [1.29, 1.82) is 0 Å². The van der Waals surface area contributed by atoms with Crippen molar-refractivity contribution in [1.82, 2.24) is 10.3 Å². The molecule has 2 aliphatic rings. The molecule has 146 valence electrons. The van der Waals surface area contributed by atoms with E-state index >= 15 is 0 Å². The zero-order valence-electron chi connectivity index (χ0n) is 16.5. The molecule has 4 rings (SSSR count). The predicted octanol–water partition coefficient (Wildman–Crippen LogP) is 2.29. The molecule has 8 heteroatoms. The zero-order chi connectivity index (χ0) is 19.4. The number of aliphatic hydroxyl groups excluding tert-OH is 1. The molecule has 0 radical (unpaired) electrons. The van der Waals surface area contributed by atoms with Gasteiger partial charge in [0.15, 0.2) is 0 Å². The standard InChI is InChI=1S/C19H27BN2O4S/c1-11(12-6-16(23)21-9-12)24-15-8-13(7-14-17(15)27-10-22-14)20-25-18(2,3)19(4,5)26-20/h7-8,10-12,16,21,23H,6,9H2,1-5H3/t11-,12-,16?/m1/s1. The van der Waals surface area contributed by atoms with Gasteiger partial charge >= 0.3 is 7.12 Å². The highest BCUT2D eigenvalue weighted by Crippen LogP contribution is 2.38. The highest BCUT2D eigenvalue weighted by Gasteiger charge is 2.52. The second-order valence-corrected chi connectivity index (χ2v) is 9.41. The van der Waals surface area contributed by atoms with Gasteiger partial charge < -0.3 is 19.2 Å². The van der Waals surface area contributed by atoms with E-state index in [-0.39, 0.29) is 12.0 Å². The van der Waals surface area contributed by atoms with E-state index in [0.29, 0.717) is 6.42 Å². The van der Waals surface area contributed by atoms with Crippen LogP contribution < -0.4 is 15.5 Å². The van der Waals surface area contributed by atoms with Crippen LogP contribution in [0.4, 0.5) is 0 Å². The minimum absolute atomic E-state index is 0.0199. The molecular formula is C19H27BN2O4S. The summed E-state index contributed by atoms with van der Waals surface area (Å²) in [5, 5.41) is 12.8. The van der Waals surface area contributed by atoms with Gasteiger partial charge in [0.1, 0.15) is 18.1 Å². The molecule has 3 heterocycles. The van der Waals surface area contributed by atoms with Gasteiger partial charge in [-0.25, -0.2) is 4.98 Å². The van der Waals surface area contributed by atoms with E-state index in [2.05, 4.69) is 17.2 Å². The Kier molecular flexibility index (Phi) is 4.75. The number of nitrogens with one attached hydrogen (secondary N) is 1. The molecule has 2 N–H and O–H groups in total. The molecule has 2 aliphatic heterocycles. The average molecular weight is 390 g/mol. The van der Waals surface area contributed by atoms with Crippen molar-refractivity contribution in [2.75, 3.05) is 6.54 Å². The van der Waals surface area contributed by atoms with E-state index in [9.17, 15) is 5.11 Å². The van der Waals surface area contributed by atoms with Crippen LogP contribution in [0.2, 0.25) is 0 Å².